The third-order valence-corrected chi connectivity index (χ3v) is 7.13. The molecule has 2 aromatic heterocycles. The molecule has 2 saturated heterocycles. The monoisotopic (exact) mass is 525 g/mol. The standard InChI is InChI=1S/C16H12ClNOS.C11H16N2O3/c17-13-8-6-12(7-9-13)16-18-14(10-20-16)15(19)11-4-2-1-3-5-11;1-7-4-13(6-12-7)10-9-8(5-14-10)15-11(2,3)16-9/h1-10,15,19H;4,6,8-10H,5H2,1-3H3. The highest BCUT2D eigenvalue weighted by molar-refractivity contribution is 7.13. The van der Waals surface area contributed by atoms with E-state index < -0.39 is 11.9 Å². The van der Waals surface area contributed by atoms with Crippen molar-refractivity contribution in [3.05, 3.63) is 94.5 Å². The van der Waals surface area contributed by atoms with Gasteiger partial charge in [-0.3, -0.25) is 0 Å². The Bertz CT molecular complexity index is 1290. The largest absolute Gasteiger partial charge is 0.382 e. The van der Waals surface area contributed by atoms with Crippen molar-refractivity contribution in [2.45, 2.75) is 51.1 Å². The fraction of sp³-hybridized carbons (Fsp3) is 0.333. The Hall–Kier alpha value is -2.59. The van der Waals surface area contributed by atoms with Crippen LogP contribution in [0.3, 0.4) is 0 Å². The Morgan fingerprint density at radius 3 is 2.56 bits per heavy atom. The number of aryl methyl sites for hydroxylation is 1. The van der Waals surface area contributed by atoms with E-state index in [0.717, 1.165) is 21.8 Å². The number of nitrogens with zero attached hydrogens (tertiary/aromatic N) is 3. The minimum absolute atomic E-state index is 0.0303. The first-order valence-electron chi connectivity index (χ1n) is 11.7. The molecular formula is C27H28ClN3O4S. The van der Waals surface area contributed by atoms with E-state index in [4.69, 9.17) is 25.8 Å². The van der Waals surface area contributed by atoms with Gasteiger partial charge in [-0.25, -0.2) is 9.97 Å². The van der Waals surface area contributed by atoms with Crippen molar-refractivity contribution in [1.29, 1.82) is 0 Å². The summed E-state index contributed by atoms with van der Waals surface area (Å²) >= 11 is 7.40. The number of hydrogen-bond donors (Lipinski definition) is 1. The van der Waals surface area contributed by atoms with Crippen molar-refractivity contribution in [1.82, 2.24) is 14.5 Å². The van der Waals surface area contributed by atoms with Crippen molar-refractivity contribution < 1.29 is 19.3 Å². The lowest BCUT2D eigenvalue weighted by Crippen LogP contribution is -2.27. The first kappa shape index (κ1) is 25.1. The van der Waals surface area contributed by atoms with Gasteiger partial charge in [0, 0.05) is 22.2 Å². The molecule has 2 fully saturated rings. The normalized spacial score (nSPS) is 23.1. The Labute approximate surface area is 219 Å². The summed E-state index contributed by atoms with van der Waals surface area (Å²) in [4.78, 5) is 8.71. The number of ether oxygens (including phenoxy) is 3. The number of rotatable bonds is 4. The summed E-state index contributed by atoms with van der Waals surface area (Å²) in [6.07, 6.45) is 2.92. The van der Waals surface area contributed by atoms with Crippen LogP contribution >= 0.6 is 22.9 Å². The number of aromatic nitrogens is 3. The van der Waals surface area contributed by atoms with E-state index in [9.17, 15) is 5.11 Å². The first-order chi connectivity index (χ1) is 17.3. The Morgan fingerprint density at radius 1 is 1.11 bits per heavy atom. The molecule has 4 atom stereocenters. The van der Waals surface area contributed by atoms with Crippen LogP contribution in [0.2, 0.25) is 5.02 Å². The number of halogens is 1. The molecule has 0 radical (unpaired) electrons. The minimum atomic E-state index is -0.687. The lowest BCUT2D eigenvalue weighted by atomic mass is 10.1. The minimum Gasteiger partial charge on any atom is -0.382 e. The summed E-state index contributed by atoms with van der Waals surface area (Å²) in [5.74, 6) is -0.507. The second kappa shape index (κ2) is 10.4. The highest BCUT2D eigenvalue weighted by Gasteiger charge is 2.50. The number of benzene rings is 2. The number of hydrogen-bond acceptors (Lipinski definition) is 7. The maximum absolute atomic E-state index is 10.3. The highest BCUT2D eigenvalue weighted by Crippen LogP contribution is 2.39. The number of imidazole rings is 1. The van der Waals surface area contributed by atoms with Gasteiger partial charge in [-0.2, -0.15) is 0 Å². The van der Waals surface area contributed by atoms with Gasteiger partial charge < -0.3 is 23.9 Å². The predicted molar refractivity (Wildman–Crippen MR) is 139 cm³/mol. The zero-order valence-electron chi connectivity index (χ0n) is 20.2. The average molecular weight is 526 g/mol. The van der Waals surface area contributed by atoms with Crippen LogP contribution in [0.5, 0.6) is 0 Å². The van der Waals surface area contributed by atoms with Gasteiger partial charge in [-0.1, -0.05) is 54.1 Å². The number of fused-ring (bicyclic) bond motifs is 1. The molecule has 0 saturated carbocycles. The quantitative estimate of drug-likeness (QED) is 0.363. The Balaban J connectivity index is 0.000000152. The summed E-state index contributed by atoms with van der Waals surface area (Å²) in [6.45, 7) is 6.40. The van der Waals surface area contributed by atoms with Crippen LogP contribution in [0.25, 0.3) is 10.6 Å². The molecule has 0 bridgehead atoms. The third kappa shape index (κ3) is 5.54. The molecule has 7 nitrogen and oxygen atoms in total. The molecule has 2 aromatic carbocycles. The lowest BCUT2D eigenvalue weighted by molar-refractivity contribution is -0.183. The van der Waals surface area contributed by atoms with E-state index in [0.29, 0.717) is 17.3 Å². The average Bonchev–Trinajstić information content (AvgIpc) is 3.64. The van der Waals surface area contributed by atoms with E-state index in [1.807, 2.05) is 91.5 Å². The van der Waals surface area contributed by atoms with Gasteiger partial charge in [0.15, 0.2) is 12.0 Å². The molecule has 36 heavy (non-hydrogen) atoms. The molecule has 9 heteroatoms. The fourth-order valence-electron chi connectivity index (χ4n) is 4.30. The Kier molecular flexibility index (Phi) is 7.25. The van der Waals surface area contributed by atoms with Gasteiger partial charge >= 0.3 is 0 Å². The molecule has 0 spiro atoms. The molecule has 0 aliphatic carbocycles. The van der Waals surface area contributed by atoms with E-state index in [1.54, 1.807) is 6.33 Å². The second-order valence-corrected chi connectivity index (χ2v) is 10.5. The van der Waals surface area contributed by atoms with Crippen molar-refractivity contribution in [2.75, 3.05) is 6.61 Å². The maximum Gasteiger partial charge on any atom is 0.164 e. The van der Waals surface area contributed by atoms with E-state index in [2.05, 4.69) is 9.97 Å². The summed E-state index contributed by atoms with van der Waals surface area (Å²) in [6, 6.07) is 17.1. The summed E-state index contributed by atoms with van der Waals surface area (Å²) < 4.78 is 19.2. The van der Waals surface area contributed by atoms with Crippen LogP contribution < -0.4 is 0 Å². The fourth-order valence-corrected chi connectivity index (χ4v) is 5.27. The molecule has 0 amide bonds. The Morgan fingerprint density at radius 2 is 1.86 bits per heavy atom. The second-order valence-electron chi connectivity index (χ2n) is 9.22. The third-order valence-electron chi connectivity index (χ3n) is 5.97. The maximum atomic E-state index is 10.3. The number of aliphatic hydroxyl groups excluding tert-OH is 1. The first-order valence-corrected chi connectivity index (χ1v) is 13.0. The molecule has 4 aromatic rings. The zero-order valence-corrected chi connectivity index (χ0v) is 21.8. The van der Waals surface area contributed by atoms with Crippen molar-refractivity contribution in [3.8, 4) is 10.6 Å². The molecule has 4 heterocycles. The lowest BCUT2D eigenvalue weighted by Gasteiger charge is -2.22. The van der Waals surface area contributed by atoms with E-state index >= 15 is 0 Å². The van der Waals surface area contributed by atoms with Gasteiger partial charge in [0.05, 0.1) is 24.3 Å². The van der Waals surface area contributed by atoms with Gasteiger partial charge in [0.1, 0.15) is 23.3 Å². The van der Waals surface area contributed by atoms with Crippen molar-refractivity contribution in [3.63, 3.8) is 0 Å². The zero-order chi connectivity index (χ0) is 25.3. The van der Waals surface area contributed by atoms with Gasteiger partial charge in [0.25, 0.3) is 0 Å². The molecule has 2 aliphatic heterocycles. The van der Waals surface area contributed by atoms with Gasteiger partial charge in [-0.15, -0.1) is 11.3 Å². The van der Waals surface area contributed by atoms with Crippen LogP contribution in [-0.2, 0) is 14.2 Å². The summed E-state index contributed by atoms with van der Waals surface area (Å²) in [5.41, 5.74) is 3.50. The van der Waals surface area contributed by atoms with Crippen LogP contribution in [0.15, 0.2) is 72.5 Å². The summed E-state index contributed by atoms with van der Waals surface area (Å²) in [7, 11) is 0. The molecule has 188 valence electrons. The molecular weight excluding hydrogens is 498 g/mol. The summed E-state index contributed by atoms with van der Waals surface area (Å²) in [5, 5.41) is 13.8. The molecule has 6 rings (SSSR count). The van der Waals surface area contributed by atoms with Crippen LogP contribution in [0.1, 0.15) is 43.1 Å². The van der Waals surface area contributed by atoms with Gasteiger partial charge in [0.2, 0.25) is 0 Å². The molecule has 1 N–H and O–H groups in total. The smallest absolute Gasteiger partial charge is 0.164 e. The van der Waals surface area contributed by atoms with E-state index in [1.165, 1.54) is 11.3 Å². The van der Waals surface area contributed by atoms with Gasteiger partial charge in [-0.05, 0) is 38.5 Å². The SMILES string of the molecule is Cc1cn(C2OCC3OC(C)(C)OC32)cn1.OC(c1ccccc1)c1csc(-c2ccc(Cl)cc2)n1. The van der Waals surface area contributed by atoms with E-state index in [-0.39, 0.29) is 18.4 Å². The topological polar surface area (TPSA) is 78.6 Å². The van der Waals surface area contributed by atoms with Crippen LogP contribution in [0, 0.1) is 6.92 Å². The highest BCUT2D eigenvalue weighted by atomic mass is 35.5. The molecule has 2 aliphatic rings. The van der Waals surface area contributed by atoms with Crippen molar-refractivity contribution >= 4 is 22.9 Å². The number of thiazole rings is 1. The van der Waals surface area contributed by atoms with Crippen molar-refractivity contribution in [2.24, 2.45) is 0 Å². The predicted octanol–water partition coefficient (Wildman–Crippen LogP) is 5.79. The van der Waals surface area contributed by atoms with Crippen LogP contribution in [-0.4, -0.2) is 44.2 Å². The number of aliphatic hydroxyl groups is 1. The molecule has 4 unspecified atom stereocenters. The van der Waals surface area contributed by atoms with Crippen LogP contribution in [0.4, 0.5) is 0 Å².